The van der Waals surface area contributed by atoms with Gasteiger partial charge in [-0.3, -0.25) is 0 Å². The molecule has 0 saturated heterocycles. The maximum absolute atomic E-state index is 13.8. The zero-order chi connectivity index (χ0) is 14.9. The molecular formula is C12H12BrFN2O2S2. The lowest BCUT2D eigenvalue weighted by molar-refractivity contribution is 0.548. The summed E-state index contributed by atoms with van der Waals surface area (Å²) in [6.45, 7) is 1.70. The van der Waals surface area contributed by atoms with Gasteiger partial charge in [0.1, 0.15) is 10.7 Å². The second kappa shape index (κ2) is 5.80. The Morgan fingerprint density at radius 2 is 2.15 bits per heavy atom. The fraction of sp³-hybridized carbons (Fsp3) is 0.167. The Balaban J connectivity index is 2.34. The van der Waals surface area contributed by atoms with Crippen molar-refractivity contribution in [2.24, 2.45) is 0 Å². The van der Waals surface area contributed by atoms with Crippen molar-refractivity contribution in [2.75, 3.05) is 5.73 Å². The number of nitrogen functional groups attached to an aromatic ring is 1. The summed E-state index contributed by atoms with van der Waals surface area (Å²) in [7, 11) is -3.97. The first-order valence-electron chi connectivity index (χ1n) is 5.61. The van der Waals surface area contributed by atoms with Crippen LogP contribution < -0.4 is 10.5 Å². The lowest BCUT2D eigenvalue weighted by Crippen LogP contribution is -2.27. The van der Waals surface area contributed by atoms with Gasteiger partial charge in [0.2, 0.25) is 10.0 Å². The highest BCUT2D eigenvalue weighted by Gasteiger charge is 2.23. The molecule has 108 valence electrons. The average molecular weight is 379 g/mol. The zero-order valence-electron chi connectivity index (χ0n) is 10.4. The first kappa shape index (κ1) is 15.4. The molecule has 4 nitrogen and oxygen atoms in total. The zero-order valence-corrected chi connectivity index (χ0v) is 13.6. The summed E-state index contributed by atoms with van der Waals surface area (Å²) in [4.78, 5) is 0.390. The van der Waals surface area contributed by atoms with Crippen LogP contribution in [0.1, 0.15) is 17.8 Å². The largest absolute Gasteiger partial charge is 0.398 e. The van der Waals surface area contributed by atoms with E-state index in [4.69, 9.17) is 5.73 Å². The third-order valence-corrected chi connectivity index (χ3v) is 5.94. The third-order valence-electron chi connectivity index (χ3n) is 2.64. The second-order valence-electron chi connectivity index (χ2n) is 4.16. The smallest absolute Gasteiger partial charge is 0.244 e. The highest BCUT2D eigenvalue weighted by Crippen LogP contribution is 2.27. The standard InChI is InChI=1S/C12H12BrFN2O2S2/c1-7(11-3-2-4-19-11)16-20(17,18)12-6-10(15)8(13)5-9(12)14/h2-7,16H,15H2,1H3. The van der Waals surface area contributed by atoms with E-state index in [1.165, 1.54) is 11.3 Å². The lowest BCUT2D eigenvalue weighted by atomic mass is 10.3. The van der Waals surface area contributed by atoms with Crippen LogP contribution in [0.25, 0.3) is 0 Å². The molecule has 8 heteroatoms. The number of benzene rings is 1. The molecule has 0 radical (unpaired) electrons. The van der Waals surface area contributed by atoms with E-state index in [1.807, 2.05) is 17.5 Å². The number of sulfonamides is 1. The van der Waals surface area contributed by atoms with Crippen molar-refractivity contribution in [3.8, 4) is 0 Å². The number of hydrogen-bond acceptors (Lipinski definition) is 4. The molecule has 0 amide bonds. The lowest BCUT2D eigenvalue weighted by Gasteiger charge is -2.14. The van der Waals surface area contributed by atoms with Crippen LogP contribution in [-0.4, -0.2) is 8.42 Å². The topological polar surface area (TPSA) is 72.2 Å². The number of nitrogens with two attached hydrogens (primary N) is 1. The van der Waals surface area contributed by atoms with Gasteiger partial charge in [-0.05, 0) is 46.4 Å². The molecule has 0 aliphatic carbocycles. The van der Waals surface area contributed by atoms with E-state index >= 15 is 0 Å². The molecular weight excluding hydrogens is 367 g/mol. The second-order valence-corrected chi connectivity index (χ2v) is 7.68. The monoisotopic (exact) mass is 378 g/mol. The predicted octanol–water partition coefficient (Wildman–Crippen LogP) is 3.27. The summed E-state index contributed by atoms with van der Waals surface area (Å²) in [5.74, 6) is -0.850. The molecule has 20 heavy (non-hydrogen) atoms. The van der Waals surface area contributed by atoms with E-state index in [9.17, 15) is 12.8 Å². The molecule has 1 heterocycles. The predicted molar refractivity (Wildman–Crippen MR) is 81.6 cm³/mol. The van der Waals surface area contributed by atoms with E-state index < -0.39 is 26.8 Å². The van der Waals surface area contributed by atoms with Crippen LogP contribution in [0.15, 0.2) is 39.0 Å². The van der Waals surface area contributed by atoms with Gasteiger partial charge in [0.15, 0.2) is 0 Å². The van der Waals surface area contributed by atoms with Crippen molar-refractivity contribution in [3.05, 3.63) is 44.8 Å². The Kier molecular flexibility index (Phi) is 4.48. The molecule has 1 aromatic carbocycles. The Morgan fingerprint density at radius 1 is 1.45 bits per heavy atom. The molecule has 0 spiro atoms. The van der Waals surface area contributed by atoms with Gasteiger partial charge in [-0.25, -0.2) is 17.5 Å². The van der Waals surface area contributed by atoms with Crippen molar-refractivity contribution in [2.45, 2.75) is 17.9 Å². The van der Waals surface area contributed by atoms with Crippen LogP contribution in [0.4, 0.5) is 10.1 Å². The van der Waals surface area contributed by atoms with Crippen molar-refractivity contribution >= 4 is 43.0 Å². The van der Waals surface area contributed by atoms with Gasteiger partial charge in [0.05, 0.1) is 6.04 Å². The Hall–Kier alpha value is -0.960. The summed E-state index contributed by atoms with van der Waals surface area (Å²) >= 11 is 4.47. The first-order chi connectivity index (χ1) is 9.31. The minimum atomic E-state index is -3.97. The van der Waals surface area contributed by atoms with Crippen molar-refractivity contribution in [3.63, 3.8) is 0 Å². The van der Waals surface area contributed by atoms with E-state index in [0.717, 1.165) is 17.0 Å². The van der Waals surface area contributed by atoms with Crippen LogP contribution in [0.5, 0.6) is 0 Å². The maximum Gasteiger partial charge on any atom is 0.244 e. The fourth-order valence-electron chi connectivity index (χ4n) is 1.64. The van der Waals surface area contributed by atoms with E-state index in [0.29, 0.717) is 4.47 Å². The number of halogens is 2. The average Bonchev–Trinajstić information content (AvgIpc) is 2.86. The van der Waals surface area contributed by atoms with Gasteiger partial charge < -0.3 is 5.73 Å². The highest BCUT2D eigenvalue weighted by molar-refractivity contribution is 9.10. The molecule has 1 aromatic heterocycles. The Morgan fingerprint density at radius 3 is 2.75 bits per heavy atom. The van der Waals surface area contributed by atoms with Gasteiger partial charge in [-0.1, -0.05) is 6.07 Å². The van der Waals surface area contributed by atoms with E-state index in [2.05, 4.69) is 20.7 Å². The summed E-state index contributed by atoms with van der Waals surface area (Å²) in [6, 6.07) is 5.33. The minimum Gasteiger partial charge on any atom is -0.398 e. The van der Waals surface area contributed by atoms with E-state index in [-0.39, 0.29) is 5.69 Å². The van der Waals surface area contributed by atoms with Gasteiger partial charge in [0, 0.05) is 15.0 Å². The van der Waals surface area contributed by atoms with Crippen LogP contribution in [-0.2, 0) is 10.0 Å². The van der Waals surface area contributed by atoms with Crippen molar-refractivity contribution in [1.29, 1.82) is 0 Å². The number of thiophene rings is 1. The van der Waals surface area contributed by atoms with Gasteiger partial charge in [-0.2, -0.15) is 0 Å². The molecule has 2 aromatic rings. The van der Waals surface area contributed by atoms with Crippen molar-refractivity contribution < 1.29 is 12.8 Å². The molecule has 3 N–H and O–H groups in total. The maximum atomic E-state index is 13.8. The molecule has 0 fully saturated rings. The molecule has 1 atom stereocenters. The summed E-state index contributed by atoms with van der Waals surface area (Å²) < 4.78 is 41.0. The number of anilines is 1. The third kappa shape index (κ3) is 3.20. The molecule has 0 aliphatic heterocycles. The van der Waals surface area contributed by atoms with Crippen LogP contribution >= 0.6 is 27.3 Å². The summed E-state index contributed by atoms with van der Waals surface area (Å²) in [6.07, 6.45) is 0. The van der Waals surface area contributed by atoms with E-state index in [1.54, 1.807) is 6.92 Å². The molecule has 0 bridgehead atoms. The van der Waals surface area contributed by atoms with Gasteiger partial charge in [-0.15, -0.1) is 11.3 Å². The number of rotatable bonds is 4. The normalized spacial score (nSPS) is 13.3. The van der Waals surface area contributed by atoms with Crippen LogP contribution in [0.2, 0.25) is 0 Å². The summed E-state index contributed by atoms with van der Waals surface area (Å²) in [5, 5.41) is 1.85. The SMILES string of the molecule is CC(NS(=O)(=O)c1cc(N)c(Br)cc1F)c1cccs1. The van der Waals surface area contributed by atoms with Crippen LogP contribution in [0, 0.1) is 5.82 Å². The number of nitrogens with one attached hydrogen (secondary N) is 1. The molecule has 1 unspecified atom stereocenters. The molecule has 0 saturated carbocycles. The van der Waals surface area contributed by atoms with Crippen molar-refractivity contribution in [1.82, 2.24) is 4.72 Å². The van der Waals surface area contributed by atoms with Crippen LogP contribution in [0.3, 0.4) is 0 Å². The van der Waals surface area contributed by atoms with Gasteiger partial charge >= 0.3 is 0 Å². The Labute approximate surface area is 129 Å². The highest BCUT2D eigenvalue weighted by atomic mass is 79.9. The molecule has 2 rings (SSSR count). The summed E-state index contributed by atoms with van der Waals surface area (Å²) in [5.41, 5.74) is 5.77. The Bertz CT molecular complexity index is 717. The minimum absolute atomic E-state index is 0.163. The number of hydrogen-bond donors (Lipinski definition) is 2. The van der Waals surface area contributed by atoms with Gasteiger partial charge in [0.25, 0.3) is 0 Å². The quantitative estimate of drug-likeness (QED) is 0.801. The molecule has 0 aliphatic rings. The first-order valence-corrected chi connectivity index (χ1v) is 8.77. The fourth-order valence-corrected chi connectivity index (χ4v) is 4.08.